The van der Waals surface area contributed by atoms with Gasteiger partial charge >= 0.3 is 0 Å². The van der Waals surface area contributed by atoms with Crippen molar-refractivity contribution in [3.8, 4) is 11.4 Å². The Balaban J connectivity index is 1.50. The van der Waals surface area contributed by atoms with Crippen LogP contribution in [0.15, 0.2) is 73.3 Å². The molecule has 6 nitrogen and oxygen atoms in total. The van der Waals surface area contributed by atoms with Crippen LogP contribution in [0.5, 0.6) is 5.75 Å². The van der Waals surface area contributed by atoms with Crippen LogP contribution in [0, 0.1) is 6.92 Å². The molecule has 6 heteroatoms. The molecule has 0 bridgehead atoms. The van der Waals surface area contributed by atoms with Gasteiger partial charge in [-0.15, -0.1) is 10.2 Å². The largest absolute Gasteiger partial charge is 0.482 e. The maximum Gasteiger partial charge on any atom is 0.262 e. The Bertz CT molecular complexity index is 1090. The van der Waals surface area contributed by atoms with Crippen LogP contribution in [0.4, 0.5) is 5.69 Å². The number of carbonyl (C=O) groups is 1. The molecule has 0 aliphatic rings. The molecule has 134 valence electrons. The lowest BCUT2D eigenvalue weighted by Crippen LogP contribution is -2.20. The highest BCUT2D eigenvalue weighted by Crippen LogP contribution is 2.25. The van der Waals surface area contributed by atoms with Crippen molar-refractivity contribution in [2.24, 2.45) is 0 Å². The predicted molar refractivity (Wildman–Crippen MR) is 104 cm³/mol. The van der Waals surface area contributed by atoms with Crippen molar-refractivity contribution in [3.63, 3.8) is 0 Å². The van der Waals surface area contributed by atoms with Crippen LogP contribution < -0.4 is 10.1 Å². The average Bonchev–Trinajstić information content (AvgIpc) is 3.22. The Morgan fingerprint density at radius 2 is 1.81 bits per heavy atom. The van der Waals surface area contributed by atoms with E-state index in [1.807, 2.05) is 67.6 Å². The molecular formula is C21H18N4O2. The normalized spacial score (nSPS) is 10.7. The maximum atomic E-state index is 12.4. The molecule has 1 amide bonds. The summed E-state index contributed by atoms with van der Waals surface area (Å²) in [7, 11) is 0. The number of benzene rings is 3. The second kappa shape index (κ2) is 7.29. The standard InChI is InChI=1S/C21H18N4O2/c1-15-9-10-20(19(11-15)25-13-22-23-14-25)27-12-21(26)24-18-8-4-6-16-5-2-3-7-17(16)18/h2-11,13-14H,12H2,1H3,(H,24,26). The first kappa shape index (κ1) is 16.8. The van der Waals surface area contributed by atoms with E-state index in [0.717, 1.165) is 27.7 Å². The van der Waals surface area contributed by atoms with Gasteiger partial charge in [0.2, 0.25) is 0 Å². The summed E-state index contributed by atoms with van der Waals surface area (Å²) in [5.74, 6) is 0.370. The fourth-order valence-corrected chi connectivity index (χ4v) is 2.94. The van der Waals surface area contributed by atoms with E-state index in [0.29, 0.717) is 5.75 Å². The molecule has 0 aliphatic carbocycles. The summed E-state index contributed by atoms with van der Waals surface area (Å²) in [6.07, 6.45) is 3.19. The molecule has 3 aromatic carbocycles. The van der Waals surface area contributed by atoms with Gasteiger partial charge in [0.05, 0.1) is 5.69 Å². The molecule has 27 heavy (non-hydrogen) atoms. The first-order chi connectivity index (χ1) is 13.2. The number of fused-ring (bicyclic) bond motifs is 1. The molecule has 0 unspecified atom stereocenters. The smallest absolute Gasteiger partial charge is 0.262 e. The topological polar surface area (TPSA) is 69.0 Å². The third-order valence-electron chi connectivity index (χ3n) is 4.23. The highest BCUT2D eigenvalue weighted by molar-refractivity contribution is 6.02. The number of amides is 1. The van der Waals surface area contributed by atoms with E-state index in [2.05, 4.69) is 15.5 Å². The van der Waals surface area contributed by atoms with Crippen LogP contribution in [0.25, 0.3) is 16.5 Å². The van der Waals surface area contributed by atoms with Crippen molar-refractivity contribution in [3.05, 3.63) is 78.9 Å². The number of anilines is 1. The van der Waals surface area contributed by atoms with Crippen molar-refractivity contribution >= 4 is 22.4 Å². The van der Waals surface area contributed by atoms with E-state index < -0.39 is 0 Å². The van der Waals surface area contributed by atoms with Crippen LogP contribution in [0.3, 0.4) is 0 Å². The summed E-state index contributed by atoms with van der Waals surface area (Å²) in [5, 5.41) is 12.6. The van der Waals surface area contributed by atoms with Gasteiger partial charge in [-0.25, -0.2) is 0 Å². The molecule has 1 heterocycles. The number of aryl methyl sites for hydroxylation is 1. The zero-order valence-electron chi connectivity index (χ0n) is 14.8. The summed E-state index contributed by atoms with van der Waals surface area (Å²) in [6.45, 7) is 1.90. The Morgan fingerprint density at radius 1 is 1.04 bits per heavy atom. The Hall–Kier alpha value is -3.67. The lowest BCUT2D eigenvalue weighted by molar-refractivity contribution is -0.118. The summed E-state index contributed by atoms with van der Waals surface area (Å²) >= 11 is 0. The second-order valence-electron chi connectivity index (χ2n) is 6.20. The molecule has 4 rings (SSSR count). The number of ether oxygens (including phenoxy) is 1. The SMILES string of the molecule is Cc1ccc(OCC(=O)Nc2cccc3ccccc23)c(-n2cnnc2)c1. The maximum absolute atomic E-state index is 12.4. The molecule has 0 spiro atoms. The minimum absolute atomic E-state index is 0.0958. The number of carbonyl (C=O) groups excluding carboxylic acids is 1. The van der Waals surface area contributed by atoms with E-state index in [1.54, 1.807) is 17.2 Å². The number of hydrogen-bond acceptors (Lipinski definition) is 4. The van der Waals surface area contributed by atoms with Crippen molar-refractivity contribution < 1.29 is 9.53 Å². The molecule has 4 aromatic rings. The van der Waals surface area contributed by atoms with E-state index in [-0.39, 0.29) is 12.5 Å². The first-order valence-corrected chi connectivity index (χ1v) is 8.57. The van der Waals surface area contributed by atoms with Crippen LogP contribution >= 0.6 is 0 Å². The fourth-order valence-electron chi connectivity index (χ4n) is 2.94. The van der Waals surface area contributed by atoms with E-state index in [4.69, 9.17) is 4.74 Å². The molecular weight excluding hydrogens is 340 g/mol. The quantitative estimate of drug-likeness (QED) is 0.590. The van der Waals surface area contributed by atoms with Gasteiger partial charge < -0.3 is 10.1 Å². The van der Waals surface area contributed by atoms with Crippen LogP contribution in [-0.2, 0) is 4.79 Å². The average molecular weight is 358 g/mol. The molecule has 0 aliphatic heterocycles. The van der Waals surface area contributed by atoms with Gasteiger partial charge in [-0.2, -0.15) is 0 Å². The highest BCUT2D eigenvalue weighted by atomic mass is 16.5. The number of hydrogen-bond donors (Lipinski definition) is 1. The predicted octanol–water partition coefficient (Wildman–Crippen LogP) is 3.75. The number of nitrogens with one attached hydrogen (secondary N) is 1. The molecule has 0 saturated heterocycles. The minimum Gasteiger partial charge on any atom is -0.482 e. The van der Waals surface area contributed by atoms with E-state index in [9.17, 15) is 4.79 Å². The summed E-state index contributed by atoms with van der Waals surface area (Å²) in [6, 6.07) is 19.5. The van der Waals surface area contributed by atoms with Crippen molar-refractivity contribution in [1.82, 2.24) is 14.8 Å². The molecule has 0 atom stereocenters. The zero-order chi connectivity index (χ0) is 18.6. The lowest BCUT2D eigenvalue weighted by atomic mass is 10.1. The first-order valence-electron chi connectivity index (χ1n) is 8.57. The number of aromatic nitrogens is 3. The molecule has 1 N–H and O–H groups in total. The van der Waals surface area contributed by atoms with Crippen molar-refractivity contribution in [1.29, 1.82) is 0 Å². The molecule has 0 radical (unpaired) electrons. The number of nitrogens with zero attached hydrogens (tertiary/aromatic N) is 3. The van der Waals surface area contributed by atoms with E-state index in [1.165, 1.54) is 0 Å². The fraction of sp³-hybridized carbons (Fsp3) is 0.0952. The Morgan fingerprint density at radius 3 is 2.67 bits per heavy atom. The summed E-state index contributed by atoms with van der Waals surface area (Å²) in [4.78, 5) is 12.4. The van der Waals surface area contributed by atoms with Crippen molar-refractivity contribution in [2.75, 3.05) is 11.9 Å². The molecule has 1 aromatic heterocycles. The zero-order valence-corrected chi connectivity index (χ0v) is 14.8. The van der Waals surface area contributed by atoms with Crippen LogP contribution in [0.2, 0.25) is 0 Å². The van der Waals surface area contributed by atoms with Crippen LogP contribution in [0.1, 0.15) is 5.56 Å². The minimum atomic E-state index is -0.221. The highest BCUT2D eigenvalue weighted by Gasteiger charge is 2.10. The van der Waals surface area contributed by atoms with Gasteiger partial charge in [-0.05, 0) is 36.1 Å². The Kier molecular flexibility index (Phi) is 4.53. The summed E-state index contributed by atoms with van der Waals surface area (Å²) < 4.78 is 7.53. The van der Waals surface area contributed by atoms with E-state index >= 15 is 0 Å². The molecule has 0 saturated carbocycles. The van der Waals surface area contributed by atoms with Crippen molar-refractivity contribution in [2.45, 2.75) is 6.92 Å². The molecule has 0 fully saturated rings. The lowest BCUT2D eigenvalue weighted by Gasteiger charge is -2.13. The number of rotatable bonds is 5. The van der Waals surface area contributed by atoms with Gasteiger partial charge in [0.1, 0.15) is 18.4 Å². The van der Waals surface area contributed by atoms with Gasteiger partial charge in [0, 0.05) is 11.1 Å². The summed E-state index contributed by atoms with van der Waals surface area (Å²) in [5.41, 5.74) is 2.63. The van der Waals surface area contributed by atoms with Gasteiger partial charge in [0.15, 0.2) is 6.61 Å². The van der Waals surface area contributed by atoms with Gasteiger partial charge in [-0.1, -0.05) is 42.5 Å². The third-order valence-corrected chi connectivity index (χ3v) is 4.23. The Labute approximate surface area is 156 Å². The third kappa shape index (κ3) is 3.64. The van der Waals surface area contributed by atoms with Gasteiger partial charge in [0.25, 0.3) is 5.91 Å². The second-order valence-corrected chi connectivity index (χ2v) is 6.20. The van der Waals surface area contributed by atoms with Crippen LogP contribution in [-0.4, -0.2) is 27.3 Å². The van der Waals surface area contributed by atoms with Gasteiger partial charge in [-0.3, -0.25) is 9.36 Å². The monoisotopic (exact) mass is 358 g/mol.